The molecule has 0 heterocycles. The fourth-order valence-corrected chi connectivity index (χ4v) is 2.76. The number of rotatable bonds is 5. The number of nitrogens with two attached hydrogens (primary N) is 1. The molecule has 0 amide bonds. The minimum Gasteiger partial charge on any atom is -0.386 e. The van der Waals surface area contributed by atoms with Gasteiger partial charge in [0, 0.05) is 21.9 Å². The molecule has 0 bridgehead atoms. The molecule has 0 fully saturated rings. The van der Waals surface area contributed by atoms with Crippen LogP contribution >= 0.6 is 23.4 Å². The topological polar surface area (TPSA) is 105 Å². The fourth-order valence-electron chi connectivity index (χ4n) is 1.75. The van der Waals surface area contributed by atoms with Crippen LogP contribution in [0.1, 0.15) is 5.56 Å². The third-order valence-corrected chi connectivity index (χ3v) is 4.20. The maximum atomic E-state index is 10.8. The van der Waals surface area contributed by atoms with E-state index in [2.05, 4.69) is 4.99 Å². The van der Waals surface area contributed by atoms with Crippen molar-refractivity contribution in [3.63, 3.8) is 0 Å². The molecule has 0 aromatic heterocycles. The second-order valence-electron chi connectivity index (χ2n) is 4.36. The van der Waals surface area contributed by atoms with Crippen LogP contribution in [0.2, 0.25) is 0 Å². The third-order valence-electron chi connectivity index (χ3n) is 2.78. The highest BCUT2D eigenvalue weighted by Crippen LogP contribution is 2.37. The van der Waals surface area contributed by atoms with Gasteiger partial charge in [-0.05, 0) is 18.2 Å². The predicted octanol–water partition coefficient (Wildman–Crippen LogP) is 3.85. The molecule has 23 heavy (non-hydrogen) atoms. The highest BCUT2D eigenvalue weighted by molar-refractivity contribution is 7.99. The van der Waals surface area contributed by atoms with Crippen molar-refractivity contribution in [2.24, 2.45) is 10.7 Å². The van der Waals surface area contributed by atoms with Crippen molar-refractivity contribution in [2.45, 2.75) is 9.79 Å². The van der Waals surface area contributed by atoms with Crippen LogP contribution in [-0.2, 0) is 0 Å². The lowest BCUT2D eigenvalue weighted by molar-refractivity contribution is -0.384. The molecule has 6 nitrogen and oxygen atoms in total. The quantitative estimate of drug-likeness (QED) is 0.291. The number of para-hydroxylation sites is 1. The molecule has 2 aromatic rings. The number of amidine groups is 1. The molecule has 2 N–H and O–H groups in total. The summed E-state index contributed by atoms with van der Waals surface area (Å²) in [6, 6.07) is 13.4. The zero-order valence-corrected chi connectivity index (χ0v) is 13.3. The Morgan fingerprint density at radius 2 is 2.09 bits per heavy atom. The SMILES string of the molecule is N#Cc1cc([N+](=O)[O-])ccc1Sc1ccccc1N=C(N)CCl. The molecule has 8 heteroatoms. The van der Waals surface area contributed by atoms with Gasteiger partial charge < -0.3 is 5.73 Å². The molecule has 0 saturated heterocycles. The van der Waals surface area contributed by atoms with Gasteiger partial charge in [0.1, 0.15) is 11.9 Å². The number of nitro benzene ring substituents is 1. The van der Waals surface area contributed by atoms with Gasteiger partial charge in [0.25, 0.3) is 5.69 Å². The lowest BCUT2D eigenvalue weighted by atomic mass is 10.2. The van der Waals surface area contributed by atoms with Crippen LogP contribution in [0.15, 0.2) is 57.2 Å². The number of benzene rings is 2. The first kappa shape index (κ1) is 16.8. The van der Waals surface area contributed by atoms with E-state index in [-0.39, 0.29) is 23.0 Å². The van der Waals surface area contributed by atoms with E-state index in [1.165, 1.54) is 23.9 Å². The van der Waals surface area contributed by atoms with Crippen LogP contribution in [0.25, 0.3) is 0 Å². The summed E-state index contributed by atoms with van der Waals surface area (Å²) in [5, 5.41) is 20.0. The van der Waals surface area contributed by atoms with E-state index in [0.717, 1.165) is 4.90 Å². The predicted molar refractivity (Wildman–Crippen MR) is 90.4 cm³/mol. The Morgan fingerprint density at radius 1 is 1.35 bits per heavy atom. The van der Waals surface area contributed by atoms with Crippen molar-refractivity contribution < 1.29 is 4.92 Å². The Labute approximate surface area is 141 Å². The van der Waals surface area contributed by atoms with Gasteiger partial charge in [-0.3, -0.25) is 10.1 Å². The van der Waals surface area contributed by atoms with E-state index in [4.69, 9.17) is 17.3 Å². The average Bonchev–Trinajstić information content (AvgIpc) is 2.56. The molecule has 0 radical (unpaired) electrons. The average molecular weight is 347 g/mol. The number of halogens is 1. The number of nitrogens with zero attached hydrogens (tertiary/aromatic N) is 3. The monoisotopic (exact) mass is 346 g/mol. The fraction of sp³-hybridized carbons (Fsp3) is 0.0667. The van der Waals surface area contributed by atoms with E-state index >= 15 is 0 Å². The Hall–Kier alpha value is -2.56. The number of alkyl halides is 1. The standard InChI is InChI=1S/C15H11ClN4O2S/c16-8-15(18)19-12-3-1-2-4-14(12)23-13-6-5-11(20(21)22)7-10(13)9-17/h1-7H,8H2,(H2,18,19). The van der Waals surface area contributed by atoms with Crippen molar-refractivity contribution in [1.82, 2.24) is 0 Å². The second kappa shape index (κ2) is 7.63. The van der Waals surface area contributed by atoms with Crippen LogP contribution in [0.4, 0.5) is 11.4 Å². The number of hydrogen-bond acceptors (Lipinski definition) is 5. The Morgan fingerprint density at radius 3 is 2.74 bits per heavy atom. The summed E-state index contributed by atoms with van der Waals surface area (Å²) in [6.45, 7) is 0. The highest BCUT2D eigenvalue weighted by atomic mass is 35.5. The van der Waals surface area contributed by atoms with Gasteiger partial charge in [-0.2, -0.15) is 5.26 Å². The van der Waals surface area contributed by atoms with E-state index < -0.39 is 4.92 Å². The van der Waals surface area contributed by atoms with Crippen molar-refractivity contribution >= 4 is 40.6 Å². The van der Waals surface area contributed by atoms with Gasteiger partial charge in [-0.1, -0.05) is 23.9 Å². The van der Waals surface area contributed by atoms with Crippen LogP contribution in [-0.4, -0.2) is 16.6 Å². The van der Waals surface area contributed by atoms with Crippen LogP contribution in [0.3, 0.4) is 0 Å². The van der Waals surface area contributed by atoms with E-state index in [1.54, 1.807) is 12.1 Å². The first-order valence-electron chi connectivity index (χ1n) is 6.39. The number of aliphatic imine (C=N–C) groups is 1. The Kier molecular flexibility index (Phi) is 5.57. The lowest BCUT2D eigenvalue weighted by Gasteiger charge is -2.07. The Bertz CT molecular complexity index is 817. The zero-order valence-electron chi connectivity index (χ0n) is 11.8. The maximum Gasteiger partial charge on any atom is 0.270 e. The molecule has 2 aromatic carbocycles. The van der Waals surface area contributed by atoms with Crippen LogP contribution in [0, 0.1) is 21.4 Å². The van der Waals surface area contributed by atoms with E-state index in [1.807, 2.05) is 24.3 Å². The van der Waals surface area contributed by atoms with E-state index in [9.17, 15) is 15.4 Å². The summed E-state index contributed by atoms with van der Waals surface area (Å²) in [6.07, 6.45) is 0. The molecule has 0 aliphatic rings. The van der Waals surface area contributed by atoms with Crippen LogP contribution < -0.4 is 5.73 Å². The summed E-state index contributed by atoms with van der Waals surface area (Å²) >= 11 is 6.93. The lowest BCUT2D eigenvalue weighted by Crippen LogP contribution is -2.12. The van der Waals surface area contributed by atoms with Crippen molar-refractivity contribution in [3.05, 3.63) is 58.1 Å². The number of nitriles is 1. The molecule has 0 saturated carbocycles. The minimum atomic E-state index is -0.533. The molecular weight excluding hydrogens is 336 g/mol. The smallest absolute Gasteiger partial charge is 0.270 e. The number of hydrogen-bond donors (Lipinski definition) is 1. The number of non-ortho nitro benzene ring substituents is 1. The number of nitro groups is 1. The van der Waals surface area contributed by atoms with Gasteiger partial charge in [0.2, 0.25) is 0 Å². The van der Waals surface area contributed by atoms with Gasteiger partial charge in [0.05, 0.1) is 22.1 Å². The molecule has 116 valence electrons. The molecule has 0 unspecified atom stereocenters. The molecule has 2 rings (SSSR count). The van der Waals surface area contributed by atoms with Crippen molar-refractivity contribution in [3.8, 4) is 6.07 Å². The minimum absolute atomic E-state index is 0.111. The Balaban J connectivity index is 2.41. The first-order valence-corrected chi connectivity index (χ1v) is 7.74. The van der Waals surface area contributed by atoms with Gasteiger partial charge in [0.15, 0.2) is 0 Å². The van der Waals surface area contributed by atoms with Crippen molar-refractivity contribution in [2.75, 3.05) is 5.88 Å². The van der Waals surface area contributed by atoms with E-state index in [0.29, 0.717) is 10.6 Å². The molecule has 0 aliphatic heterocycles. The summed E-state index contributed by atoms with van der Waals surface area (Å²) in [5.74, 6) is 0.392. The molecule has 0 atom stereocenters. The largest absolute Gasteiger partial charge is 0.386 e. The summed E-state index contributed by atoms with van der Waals surface area (Å²) < 4.78 is 0. The molecule has 0 aliphatic carbocycles. The highest BCUT2D eigenvalue weighted by Gasteiger charge is 2.13. The summed E-state index contributed by atoms with van der Waals surface area (Å²) in [4.78, 5) is 15.9. The van der Waals surface area contributed by atoms with Gasteiger partial charge >= 0.3 is 0 Å². The van der Waals surface area contributed by atoms with Crippen molar-refractivity contribution in [1.29, 1.82) is 5.26 Å². The first-order chi connectivity index (χ1) is 11.0. The third kappa shape index (κ3) is 4.22. The zero-order chi connectivity index (χ0) is 16.8. The second-order valence-corrected chi connectivity index (χ2v) is 5.71. The molecular formula is C15H11ClN4O2S. The maximum absolute atomic E-state index is 10.8. The normalized spacial score (nSPS) is 11.0. The molecule has 0 spiro atoms. The summed E-state index contributed by atoms with van der Waals surface area (Å²) in [7, 11) is 0. The van der Waals surface area contributed by atoms with Gasteiger partial charge in [-0.25, -0.2) is 4.99 Å². The van der Waals surface area contributed by atoms with Gasteiger partial charge in [-0.15, -0.1) is 11.6 Å². The van der Waals surface area contributed by atoms with Crippen LogP contribution in [0.5, 0.6) is 0 Å². The summed E-state index contributed by atoms with van der Waals surface area (Å²) in [5.41, 5.74) is 6.39.